The molecular formula is C23H23Cl3N2O. The molecule has 3 nitrogen and oxygen atoms in total. The Hall–Kier alpha value is -1.52. The van der Waals surface area contributed by atoms with Gasteiger partial charge in [-0.05, 0) is 57.0 Å². The molecule has 1 aliphatic heterocycles. The molecule has 0 amide bonds. The number of nitrogens with two attached hydrogens (primary N) is 1. The van der Waals surface area contributed by atoms with Gasteiger partial charge in [-0.3, -0.25) is 0 Å². The van der Waals surface area contributed by atoms with Crippen molar-refractivity contribution in [2.24, 2.45) is 5.73 Å². The molecule has 0 spiro atoms. The van der Waals surface area contributed by atoms with E-state index >= 15 is 0 Å². The zero-order valence-corrected chi connectivity index (χ0v) is 18.9. The maximum atomic E-state index is 6.64. The number of hydrogen-bond donors (Lipinski definition) is 1. The van der Waals surface area contributed by atoms with E-state index in [0.29, 0.717) is 22.4 Å². The Morgan fingerprint density at radius 2 is 1.83 bits per heavy atom. The third kappa shape index (κ3) is 4.20. The third-order valence-corrected chi connectivity index (χ3v) is 6.13. The average Bonchev–Trinajstić information content (AvgIpc) is 2.60. The van der Waals surface area contributed by atoms with Gasteiger partial charge in [-0.15, -0.1) is 11.6 Å². The van der Waals surface area contributed by atoms with Gasteiger partial charge < -0.3 is 10.5 Å². The van der Waals surface area contributed by atoms with Gasteiger partial charge in [0.25, 0.3) is 0 Å². The molecule has 0 saturated heterocycles. The van der Waals surface area contributed by atoms with Gasteiger partial charge in [0.1, 0.15) is 5.60 Å². The van der Waals surface area contributed by atoms with Crippen LogP contribution in [0.4, 0.5) is 0 Å². The first-order valence-electron chi connectivity index (χ1n) is 9.58. The first-order chi connectivity index (χ1) is 13.5. The lowest BCUT2D eigenvalue weighted by Crippen LogP contribution is -2.38. The van der Waals surface area contributed by atoms with E-state index in [0.717, 1.165) is 34.4 Å². The number of halogens is 3. The number of pyridine rings is 1. The van der Waals surface area contributed by atoms with Crippen LogP contribution in [0, 0.1) is 0 Å². The number of benzene rings is 1. The molecule has 2 N–H and O–H groups in total. The average molecular weight is 450 g/mol. The van der Waals surface area contributed by atoms with Gasteiger partial charge in [0.15, 0.2) is 0 Å². The number of rotatable bonds is 2. The Bertz CT molecular complexity index is 1020. The molecule has 0 bridgehead atoms. The molecule has 1 aliphatic carbocycles. The number of nitrogens with zero attached hydrogens (tertiary/aromatic N) is 1. The number of ether oxygens (including phenoxy) is 1. The van der Waals surface area contributed by atoms with Gasteiger partial charge in [0.2, 0.25) is 5.88 Å². The number of alkyl halides is 1. The van der Waals surface area contributed by atoms with Crippen LogP contribution in [0.15, 0.2) is 47.5 Å². The number of allylic oxidation sites excluding steroid dienone is 4. The summed E-state index contributed by atoms with van der Waals surface area (Å²) in [7, 11) is 0. The predicted molar refractivity (Wildman–Crippen MR) is 122 cm³/mol. The van der Waals surface area contributed by atoms with Crippen LogP contribution in [0.1, 0.15) is 50.9 Å². The Morgan fingerprint density at radius 3 is 2.48 bits per heavy atom. The summed E-state index contributed by atoms with van der Waals surface area (Å²) in [5, 5.41) is 1.26. The minimum atomic E-state index is -0.504. The van der Waals surface area contributed by atoms with Crippen molar-refractivity contribution in [1.82, 2.24) is 4.98 Å². The van der Waals surface area contributed by atoms with Crippen molar-refractivity contribution < 1.29 is 4.74 Å². The van der Waals surface area contributed by atoms with Gasteiger partial charge in [-0.2, -0.15) is 0 Å². The standard InChI is InChI=1S/C23H23Cl3N2O/c1-22(2)12-19(27)17-10-16(13-4-6-14(24)7-5-13)20(28-21(17)29-22)15-8-9-23(3,26)11-18(15)25/h4-8,10-11,19H,9,12,27H2,1-3H3. The molecular weight excluding hydrogens is 427 g/mol. The summed E-state index contributed by atoms with van der Waals surface area (Å²) in [5.41, 5.74) is 10.5. The van der Waals surface area contributed by atoms with Crippen LogP contribution in [-0.4, -0.2) is 15.5 Å². The van der Waals surface area contributed by atoms with Crippen molar-refractivity contribution in [3.8, 4) is 17.0 Å². The van der Waals surface area contributed by atoms with Crippen molar-refractivity contribution in [3.63, 3.8) is 0 Å². The first-order valence-corrected chi connectivity index (χ1v) is 10.7. The molecule has 6 heteroatoms. The number of fused-ring (bicyclic) bond motifs is 1. The lowest BCUT2D eigenvalue weighted by atomic mass is 9.87. The number of hydrogen-bond acceptors (Lipinski definition) is 3. The minimum Gasteiger partial charge on any atom is -0.471 e. The fourth-order valence-electron chi connectivity index (χ4n) is 3.87. The highest BCUT2D eigenvalue weighted by Crippen LogP contribution is 2.45. The summed E-state index contributed by atoms with van der Waals surface area (Å²) in [5.74, 6) is 0.561. The van der Waals surface area contributed by atoms with Crippen molar-refractivity contribution in [3.05, 3.63) is 63.8 Å². The van der Waals surface area contributed by atoms with Crippen molar-refractivity contribution in [2.45, 2.75) is 50.1 Å². The molecule has 152 valence electrons. The Morgan fingerprint density at radius 1 is 1.14 bits per heavy atom. The smallest absolute Gasteiger partial charge is 0.219 e. The number of aromatic nitrogens is 1. The molecule has 0 fully saturated rings. The van der Waals surface area contributed by atoms with E-state index in [2.05, 4.69) is 6.07 Å². The maximum Gasteiger partial charge on any atom is 0.219 e. The van der Waals surface area contributed by atoms with Gasteiger partial charge in [0, 0.05) is 39.2 Å². The summed E-state index contributed by atoms with van der Waals surface area (Å²) in [6.45, 7) is 5.99. The summed E-state index contributed by atoms with van der Waals surface area (Å²) in [4.78, 5) is 4.40. The topological polar surface area (TPSA) is 48.1 Å². The summed E-state index contributed by atoms with van der Waals surface area (Å²) < 4.78 is 6.18. The van der Waals surface area contributed by atoms with E-state index in [-0.39, 0.29) is 11.6 Å². The van der Waals surface area contributed by atoms with E-state index in [1.807, 2.05) is 57.2 Å². The molecule has 0 saturated carbocycles. The first kappa shape index (κ1) is 20.7. The predicted octanol–water partition coefficient (Wildman–Crippen LogP) is 6.87. The Balaban J connectivity index is 1.92. The minimum absolute atomic E-state index is 0.154. The SMILES string of the molecule is CC1(Cl)C=C(Cl)C(c2nc3c(cc2-c2ccc(Cl)cc2)C(N)CC(C)(C)O3)=CC1. The van der Waals surface area contributed by atoms with Crippen LogP contribution in [0.2, 0.25) is 5.02 Å². The third-order valence-electron chi connectivity index (χ3n) is 5.30. The zero-order valence-electron chi connectivity index (χ0n) is 16.6. The highest BCUT2D eigenvalue weighted by molar-refractivity contribution is 6.38. The lowest BCUT2D eigenvalue weighted by molar-refractivity contribution is 0.0667. The molecule has 29 heavy (non-hydrogen) atoms. The maximum absolute atomic E-state index is 6.64. The van der Waals surface area contributed by atoms with Crippen LogP contribution in [0.3, 0.4) is 0 Å². The molecule has 2 atom stereocenters. The van der Waals surface area contributed by atoms with Crippen LogP contribution in [0.25, 0.3) is 16.7 Å². The Labute approximate surface area is 186 Å². The van der Waals surface area contributed by atoms with Crippen LogP contribution < -0.4 is 10.5 Å². The second-order valence-corrected chi connectivity index (χ2v) is 10.3. The van der Waals surface area contributed by atoms with Crippen LogP contribution in [-0.2, 0) is 0 Å². The highest BCUT2D eigenvalue weighted by Gasteiger charge is 2.35. The largest absolute Gasteiger partial charge is 0.471 e. The Kier molecular flexibility index (Phi) is 5.23. The molecule has 0 radical (unpaired) electrons. The molecule has 1 aromatic carbocycles. The van der Waals surface area contributed by atoms with Crippen LogP contribution >= 0.6 is 34.8 Å². The molecule has 1 aromatic heterocycles. The lowest BCUT2D eigenvalue weighted by Gasteiger charge is -2.36. The molecule has 2 heterocycles. The summed E-state index contributed by atoms with van der Waals surface area (Å²) in [6.07, 6.45) is 5.28. The van der Waals surface area contributed by atoms with Crippen LogP contribution in [0.5, 0.6) is 5.88 Å². The van der Waals surface area contributed by atoms with Gasteiger partial charge in [-0.25, -0.2) is 4.98 Å². The van der Waals surface area contributed by atoms with E-state index in [1.54, 1.807) is 0 Å². The van der Waals surface area contributed by atoms with E-state index in [1.165, 1.54) is 0 Å². The van der Waals surface area contributed by atoms with Crippen molar-refractivity contribution in [1.29, 1.82) is 0 Å². The molecule has 4 rings (SSSR count). The van der Waals surface area contributed by atoms with Gasteiger partial charge in [-0.1, -0.05) is 41.4 Å². The van der Waals surface area contributed by atoms with Gasteiger partial charge in [0.05, 0.1) is 10.6 Å². The second kappa shape index (κ2) is 7.31. The zero-order chi connectivity index (χ0) is 21.0. The summed E-state index contributed by atoms with van der Waals surface area (Å²) in [6, 6.07) is 9.59. The molecule has 2 unspecified atom stereocenters. The van der Waals surface area contributed by atoms with Crippen molar-refractivity contribution >= 4 is 40.4 Å². The monoisotopic (exact) mass is 448 g/mol. The van der Waals surface area contributed by atoms with E-state index in [4.69, 9.17) is 50.3 Å². The van der Waals surface area contributed by atoms with Gasteiger partial charge >= 0.3 is 0 Å². The molecule has 2 aromatic rings. The molecule has 2 aliphatic rings. The normalized spacial score (nSPS) is 25.6. The second-order valence-electron chi connectivity index (χ2n) is 8.55. The van der Waals surface area contributed by atoms with Crippen molar-refractivity contribution in [2.75, 3.05) is 0 Å². The fourth-order valence-corrected chi connectivity index (χ4v) is 4.64. The van der Waals surface area contributed by atoms with E-state index < -0.39 is 4.87 Å². The highest BCUT2D eigenvalue weighted by atomic mass is 35.5. The van der Waals surface area contributed by atoms with E-state index in [9.17, 15) is 0 Å². The quantitative estimate of drug-likeness (QED) is 0.509. The summed E-state index contributed by atoms with van der Waals surface area (Å²) >= 11 is 19.2. The fraction of sp³-hybridized carbons (Fsp3) is 0.348.